The van der Waals surface area contributed by atoms with E-state index in [0.29, 0.717) is 6.04 Å². The third-order valence-corrected chi connectivity index (χ3v) is 4.76. The first-order valence-corrected chi connectivity index (χ1v) is 8.34. The number of H-pyrrole nitrogens is 1. The van der Waals surface area contributed by atoms with Crippen LogP contribution in [0, 0.1) is 6.92 Å². The van der Waals surface area contributed by atoms with Crippen LogP contribution in [0.2, 0.25) is 0 Å². The second kappa shape index (κ2) is 5.94. The third kappa shape index (κ3) is 2.62. The number of anilines is 1. The van der Waals surface area contributed by atoms with Crippen molar-refractivity contribution < 1.29 is 4.74 Å². The quantitative estimate of drug-likeness (QED) is 0.886. The Morgan fingerprint density at radius 2 is 2.30 bits per heavy atom. The molecule has 0 amide bonds. The van der Waals surface area contributed by atoms with E-state index >= 15 is 0 Å². The topological polar surface area (TPSA) is 66.1 Å². The van der Waals surface area contributed by atoms with E-state index in [0.717, 1.165) is 61.8 Å². The van der Waals surface area contributed by atoms with Gasteiger partial charge >= 0.3 is 0 Å². The maximum Gasteiger partial charge on any atom is 0.183 e. The van der Waals surface area contributed by atoms with Crippen LogP contribution in [0.3, 0.4) is 0 Å². The van der Waals surface area contributed by atoms with E-state index in [1.807, 2.05) is 0 Å². The molecular weight excluding hydrogens is 290 g/mol. The Morgan fingerprint density at radius 3 is 3.09 bits per heavy atom. The molecule has 0 saturated carbocycles. The fourth-order valence-corrected chi connectivity index (χ4v) is 3.50. The maximum atomic E-state index is 5.56. The van der Waals surface area contributed by atoms with Gasteiger partial charge in [0.2, 0.25) is 0 Å². The number of fused-ring (bicyclic) bond motifs is 1. The number of ether oxygens (including phenoxy) is 1. The van der Waals surface area contributed by atoms with Gasteiger partial charge in [0.25, 0.3) is 0 Å². The van der Waals surface area contributed by atoms with Crippen molar-refractivity contribution in [1.29, 1.82) is 0 Å². The molecule has 23 heavy (non-hydrogen) atoms. The van der Waals surface area contributed by atoms with Crippen molar-refractivity contribution in [3.05, 3.63) is 23.4 Å². The summed E-state index contributed by atoms with van der Waals surface area (Å²) in [6.45, 7) is 8.59. The van der Waals surface area contributed by atoms with Crippen molar-refractivity contribution in [2.45, 2.75) is 26.3 Å². The first-order valence-electron chi connectivity index (χ1n) is 8.34. The van der Waals surface area contributed by atoms with E-state index in [1.165, 1.54) is 11.1 Å². The van der Waals surface area contributed by atoms with Crippen LogP contribution in [-0.2, 0) is 4.74 Å². The largest absolute Gasteiger partial charge is 0.377 e. The second-order valence-corrected chi connectivity index (χ2v) is 6.38. The molecule has 1 fully saturated rings. The Balaban J connectivity index is 1.85. The zero-order valence-corrected chi connectivity index (χ0v) is 13.7. The van der Waals surface area contributed by atoms with E-state index in [2.05, 4.69) is 46.4 Å². The highest BCUT2D eigenvalue weighted by Gasteiger charge is 2.23. The minimum Gasteiger partial charge on any atom is -0.377 e. The minimum absolute atomic E-state index is 0.337. The standard InChI is InChI=1S/C17H23N5O/c1-11-10-23-8-7-22(11)15-9-14(13-3-5-18-6-4-13)16-12(2)20-21-17(16)19-15/h3,9,11,18H,4-8,10H2,1-2H3,(H,19,20,21)/t11-/m1/s1. The van der Waals surface area contributed by atoms with Crippen molar-refractivity contribution >= 4 is 22.4 Å². The number of nitrogens with zero attached hydrogens (tertiary/aromatic N) is 3. The molecule has 1 saturated heterocycles. The van der Waals surface area contributed by atoms with Gasteiger partial charge in [-0.2, -0.15) is 5.10 Å². The second-order valence-electron chi connectivity index (χ2n) is 6.38. The number of rotatable bonds is 2. The summed E-state index contributed by atoms with van der Waals surface area (Å²) in [5.41, 5.74) is 4.57. The molecule has 2 aliphatic heterocycles. The molecule has 0 unspecified atom stereocenters. The summed E-state index contributed by atoms with van der Waals surface area (Å²) in [6, 6.07) is 2.58. The molecule has 2 aromatic heterocycles. The summed E-state index contributed by atoms with van der Waals surface area (Å²) >= 11 is 0. The summed E-state index contributed by atoms with van der Waals surface area (Å²) in [7, 11) is 0. The number of aromatic nitrogens is 3. The molecular formula is C17H23N5O. The van der Waals surface area contributed by atoms with Crippen LogP contribution < -0.4 is 10.2 Å². The average Bonchev–Trinajstić information content (AvgIpc) is 2.96. The zero-order valence-electron chi connectivity index (χ0n) is 13.7. The Morgan fingerprint density at radius 1 is 1.39 bits per heavy atom. The lowest BCUT2D eigenvalue weighted by Crippen LogP contribution is -2.44. The van der Waals surface area contributed by atoms with Gasteiger partial charge in [-0.25, -0.2) is 4.98 Å². The molecule has 1 atom stereocenters. The predicted octanol–water partition coefficient (Wildman–Crippen LogP) is 1.87. The van der Waals surface area contributed by atoms with Crippen molar-refractivity contribution in [3.8, 4) is 0 Å². The Kier molecular flexibility index (Phi) is 3.79. The van der Waals surface area contributed by atoms with E-state index in [9.17, 15) is 0 Å². The number of hydrogen-bond donors (Lipinski definition) is 2. The van der Waals surface area contributed by atoms with Gasteiger partial charge in [-0.3, -0.25) is 5.10 Å². The van der Waals surface area contributed by atoms with Crippen LogP contribution >= 0.6 is 0 Å². The van der Waals surface area contributed by atoms with Gasteiger partial charge in [0.1, 0.15) is 5.82 Å². The lowest BCUT2D eigenvalue weighted by molar-refractivity contribution is 0.0985. The van der Waals surface area contributed by atoms with Crippen LogP contribution in [-0.4, -0.2) is 54.1 Å². The molecule has 6 nitrogen and oxygen atoms in total. The first kappa shape index (κ1) is 14.7. The predicted molar refractivity (Wildman–Crippen MR) is 91.7 cm³/mol. The molecule has 0 aromatic carbocycles. The number of hydrogen-bond acceptors (Lipinski definition) is 5. The monoisotopic (exact) mass is 313 g/mol. The molecule has 4 rings (SSSR count). The van der Waals surface area contributed by atoms with E-state index < -0.39 is 0 Å². The molecule has 2 aromatic rings. The molecule has 4 heterocycles. The van der Waals surface area contributed by atoms with Gasteiger partial charge in [0.05, 0.1) is 19.3 Å². The lowest BCUT2D eigenvalue weighted by atomic mass is 9.97. The molecule has 0 radical (unpaired) electrons. The van der Waals surface area contributed by atoms with Gasteiger partial charge < -0.3 is 15.0 Å². The van der Waals surface area contributed by atoms with E-state index in [1.54, 1.807) is 0 Å². The van der Waals surface area contributed by atoms with Crippen LogP contribution in [0.5, 0.6) is 0 Å². The Bertz CT molecular complexity index is 751. The molecule has 0 spiro atoms. The summed E-state index contributed by atoms with van der Waals surface area (Å²) in [6.07, 6.45) is 3.33. The smallest absolute Gasteiger partial charge is 0.183 e. The molecule has 0 aliphatic carbocycles. The highest BCUT2D eigenvalue weighted by Crippen LogP contribution is 2.32. The SMILES string of the molecule is Cc1[nH]nc2nc(N3CCOC[C@H]3C)cc(C3=CCNCC3)c12. The zero-order chi connectivity index (χ0) is 15.8. The summed E-state index contributed by atoms with van der Waals surface area (Å²) in [5, 5.41) is 12.1. The summed E-state index contributed by atoms with van der Waals surface area (Å²) in [4.78, 5) is 7.14. The average molecular weight is 313 g/mol. The van der Waals surface area contributed by atoms with Gasteiger partial charge in [-0.15, -0.1) is 0 Å². The Hall–Kier alpha value is -1.92. The van der Waals surface area contributed by atoms with Gasteiger partial charge in [-0.05, 0) is 44.0 Å². The molecule has 2 aliphatic rings. The number of aryl methyl sites for hydroxylation is 1. The number of aromatic amines is 1. The summed E-state index contributed by atoms with van der Waals surface area (Å²) in [5.74, 6) is 1.01. The van der Waals surface area contributed by atoms with Crippen molar-refractivity contribution in [3.63, 3.8) is 0 Å². The van der Waals surface area contributed by atoms with Crippen LogP contribution in [0.15, 0.2) is 12.1 Å². The minimum atomic E-state index is 0.337. The van der Waals surface area contributed by atoms with Crippen molar-refractivity contribution in [2.75, 3.05) is 37.7 Å². The van der Waals surface area contributed by atoms with Gasteiger partial charge in [-0.1, -0.05) is 6.08 Å². The number of pyridine rings is 1. The Labute approximate surface area is 135 Å². The normalized spacial score (nSPS) is 22.4. The van der Waals surface area contributed by atoms with Gasteiger partial charge in [0.15, 0.2) is 5.65 Å². The van der Waals surface area contributed by atoms with Crippen LogP contribution in [0.25, 0.3) is 16.6 Å². The maximum absolute atomic E-state index is 5.56. The number of morpholine rings is 1. The van der Waals surface area contributed by atoms with E-state index in [4.69, 9.17) is 9.72 Å². The van der Waals surface area contributed by atoms with Crippen molar-refractivity contribution in [1.82, 2.24) is 20.5 Å². The highest BCUT2D eigenvalue weighted by atomic mass is 16.5. The first-order chi connectivity index (χ1) is 11.2. The van der Waals surface area contributed by atoms with E-state index in [-0.39, 0.29) is 0 Å². The molecule has 122 valence electrons. The van der Waals surface area contributed by atoms with Crippen LogP contribution in [0.4, 0.5) is 5.82 Å². The highest BCUT2D eigenvalue weighted by molar-refractivity contribution is 5.93. The third-order valence-electron chi connectivity index (χ3n) is 4.76. The molecule has 6 heteroatoms. The van der Waals surface area contributed by atoms with Crippen molar-refractivity contribution in [2.24, 2.45) is 0 Å². The lowest BCUT2D eigenvalue weighted by Gasteiger charge is -2.34. The fourth-order valence-electron chi connectivity index (χ4n) is 3.50. The molecule has 2 N–H and O–H groups in total. The summed E-state index contributed by atoms with van der Waals surface area (Å²) < 4.78 is 5.56. The van der Waals surface area contributed by atoms with Crippen LogP contribution in [0.1, 0.15) is 24.6 Å². The van der Waals surface area contributed by atoms with Gasteiger partial charge in [0, 0.05) is 24.2 Å². The fraction of sp³-hybridized carbons (Fsp3) is 0.529. The molecule has 0 bridgehead atoms. The number of nitrogens with one attached hydrogen (secondary N) is 2.